The number of carbonyl (C=O) groups excluding carboxylic acids is 1. The summed E-state index contributed by atoms with van der Waals surface area (Å²) in [6, 6.07) is 18.2. The second-order valence-corrected chi connectivity index (χ2v) is 10.1. The molecule has 1 aromatic heterocycles. The molecular formula is C24H25N3O3S. The van der Waals surface area contributed by atoms with Crippen LogP contribution >= 0.6 is 0 Å². The van der Waals surface area contributed by atoms with E-state index in [1.54, 1.807) is 30.5 Å². The van der Waals surface area contributed by atoms with Crippen molar-refractivity contribution >= 4 is 27.4 Å². The number of pyridine rings is 1. The van der Waals surface area contributed by atoms with Crippen LogP contribution in [-0.4, -0.2) is 25.9 Å². The number of carbonyl (C=O) groups is 1. The van der Waals surface area contributed by atoms with Crippen molar-refractivity contribution in [2.45, 2.75) is 37.5 Å². The lowest BCUT2D eigenvalue weighted by atomic mass is 9.79. The van der Waals surface area contributed by atoms with Crippen LogP contribution in [0.3, 0.4) is 0 Å². The van der Waals surface area contributed by atoms with Crippen LogP contribution in [0.15, 0.2) is 71.8 Å². The van der Waals surface area contributed by atoms with Gasteiger partial charge in [0.25, 0.3) is 10.0 Å². The predicted octanol–water partition coefficient (Wildman–Crippen LogP) is 4.06. The minimum Gasteiger partial charge on any atom is -0.326 e. The predicted molar refractivity (Wildman–Crippen MR) is 122 cm³/mol. The summed E-state index contributed by atoms with van der Waals surface area (Å²) < 4.78 is 28.4. The molecule has 0 radical (unpaired) electrons. The van der Waals surface area contributed by atoms with E-state index in [0.29, 0.717) is 12.2 Å². The third kappa shape index (κ3) is 3.93. The highest BCUT2D eigenvalue weighted by atomic mass is 32.2. The van der Waals surface area contributed by atoms with E-state index < -0.39 is 15.4 Å². The number of anilines is 2. The van der Waals surface area contributed by atoms with Crippen molar-refractivity contribution in [1.82, 2.24) is 4.98 Å². The number of amides is 1. The highest BCUT2D eigenvalue weighted by Gasteiger charge is 2.45. The second-order valence-electron chi connectivity index (χ2n) is 8.28. The van der Waals surface area contributed by atoms with Gasteiger partial charge in [0.1, 0.15) is 5.82 Å². The molecule has 0 saturated carbocycles. The number of hydrogen-bond donors (Lipinski definition) is 1. The van der Waals surface area contributed by atoms with Crippen molar-refractivity contribution in [3.63, 3.8) is 0 Å². The largest absolute Gasteiger partial charge is 0.326 e. The topological polar surface area (TPSA) is 79.4 Å². The van der Waals surface area contributed by atoms with Crippen molar-refractivity contribution in [2.24, 2.45) is 0 Å². The zero-order chi connectivity index (χ0) is 22.2. The van der Waals surface area contributed by atoms with Gasteiger partial charge in [0.15, 0.2) is 0 Å². The smallest absolute Gasteiger partial charge is 0.265 e. The van der Waals surface area contributed by atoms with Crippen LogP contribution in [0.25, 0.3) is 0 Å². The van der Waals surface area contributed by atoms with Gasteiger partial charge in [-0.05, 0) is 43.2 Å². The molecule has 1 aliphatic heterocycles. The summed E-state index contributed by atoms with van der Waals surface area (Å²) in [7, 11) is -3.76. The first-order valence-electron chi connectivity index (χ1n) is 10.1. The van der Waals surface area contributed by atoms with Gasteiger partial charge in [0.05, 0.1) is 4.90 Å². The van der Waals surface area contributed by atoms with Crippen molar-refractivity contribution in [3.8, 4) is 0 Å². The molecule has 0 saturated heterocycles. The van der Waals surface area contributed by atoms with E-state index in [1.165, 1.54) is 11.2 Å². The number of aryl methyl sites for hydroxylation is 1. The Balaban J connectivity index is 1.75. The van der Waals surface area contributed by atoms with Crippen LogP contribution in [0, 0.1) is 6.92 Å². The minimum absolute atomic E-state index is 0.144. The SMILES string of the molecule is CC(=O)Nc1ccccc1CC1(C)CN(S(=O)(=O)c2ccc(C)cc2)c2ncccc21. The van der Waals surface area contributed by atoms with Gasteiger partial charge < -0.3 is 5.32 Å². The molecule has 7 heteroatoms. The molecule has 1 N–H and O–H groups in total. The third-order valence-electron chi connectivity index (χ3n) is 5.68. The molecule has 0 fully saturated rings. The van der Waals surface area contributed by atoms with Gasteiger partial charge in [0, 0.05) is 36.3 Å². The molecule has 1 aliphatic rings. The molecule has 160 valence electrons. The number of sulfonamides is 1. The number of fused-ring (bicyclic) bond motifs is 1. The quantitative estimate of drug-likeness (QED) is 0.656. The molecular weight excluding hydrogens is 410 g/mol. The van der Waals surface area contributed by atoms with E-state index in [1.807, 2.05) is 50.2 Å². The van der Waals surface area contributed by atoms with E-state index in [2.05, 4.69) is 10.3 Å². The second kappa shape index (κ2) is 7.81. The average molecular weight is 436 g/mol. The van der Waals surface area contributed by atoms with Crippen LogP contribution in [0.1, 0.15) is 30.5 Å². The maximum absolute atomic E-state index is 13.5. The molecule has 3 aromatic rings. The standard InChI is InChI=1S/C24H25N3O3S/c1-17-10-12-20(13-11-17)31(29,30)27-16-24(3,21-8-6-14-25-23(21)27)15-19-7-4-5-9-22(19)26-18(2)28/h4-14H,15-16H2,1-3H3,(H,26,28). The fourth-order valence-electron chi connectivity index (χ4n) is 4.14. The van der Waals surface area contributed by atoms with Gasteiger partial charge in [0.2, 0.25) is 5.91 Å². The Bertz CT molecular complexity index is 1240. The van der Waals surface area contributed by atoms with Crippen LogP contribution < -0.4 is 9.62 Å². The van der Waals surface area contributed by atoms with Crippen molar-refractivity contribution in [1.29, 1.82) is 0 Å². The number of hydrogen-bond acceptors (Lipinski definition) is 4. The van der Waals surface area contributed by atoms with E-state index >= 15 is 0 Å². The van der Waals surface area contributed by atoms with Crippen LogP contribution in [0.2, 0.25) is 0 Å². The zero-order valence-corrected chi connectivity index (χ0v) is 18.6. The Morgan fingerprint density at radius 3 is 2.52 bits per heavy atom. The molecule has 1 unspecified atom stereocenters. The number of benzene rings is 2. The van der Waals surface area contributed by atoms with Gasteiger partial charge in [-0.2, -0.15) is 0 Å². The molecule has 1 amide bonds. The highest BCUT2D eigenvalue weighted by molar-refractivity contribution is 7.92. The summed E-state index contributed by atoms with van der Waals surface area (Å²) in [6.45, 7) is 5.71. The fraction of sp³-hybridized carbons (Fsp3) is 0.250. The monoisotopic (exact) mass is 435 g/mol. The summed E-state index contributed by atoms with van der Waals surface area (Å²) >= 11 is 0. The van der Waals surface area contributed by atoms with Crippen LogP contribution in [0.5, 0.6) is 0 Å². The Hall–Kier alpha value is -3.19. The first-order chi connectivity index (χ1) is 14.7. The molecule has 2 aromatic carbocycles. The molecule has 0 bridgehead atoms. The summed E-state index contributed by atoms with van der Waals surface area (Å²) in [4.78, 5) is 16.3. The highest BCUT2D eigenvalue weighted by Crippen LogP contribution is 2.44. The van der Waals surface area contributed by atoms with Crippen molar-refractivity contribution in [3.05, 3.63) is 83.6 Å². The first-order valence-corrected chi connectivity index (χ1v) is 11.6. The van der Waals surface area contributed by atoms with Crippen LogP contribution in [0.4, 0.5) is 11.5 Å². The number of rotatable bonds is 5. The van der Waals surface area contributed by atoms with Crippen molar-refractivity contribution in [2.75, 3.05) is 16.2 Å². The zero-order valence-electron chi connectivity index (χ0n) is 17.8. The van der Waals surface area contributed by atoms with E-state index in [9.17, 15) is 13.2 Å². The summed E-state index contributed by atoms with van der Waals surface area (Å²) in [5.41, 5.74) is 3.06. The Morgan fingerprint density at radius 1 is 1.10 bits per heavy atom. The molecule has 1 atom stereocenters. The van der Waals surface area contributed by atoms with E-state index in [0.717, 1.165) is 22.4 Å². The van der Waals surface area contributed by atoms with Crippen molar-refractivity contribution < 1.29 is 13.2 Å². The summed E-state index contributed by atoms with van der Waals surface area (Å²) in [6.07, 6.45) is 2.18. The molecule has 0 spiro atoms. The van der Waals surface area contributed by atoms with Gasteiger partial charge in [-0.1, -0.05) is 48.9 Å². The van der Waals surface area contributed by atoms with Gasteiger partial charge in [-0.25, -0.2) is 17.7 Å². The fourth-order valence-corrected chi connectivity index (χ4v) is 5.70. The van der Waals surface area contributed by atoms with Gasteiger partial charge in [-0.15, -0.1) is 0 Å². The summed E-state index contributed by atoms with van der Waals surface area (Å²) in [5, 5.41) is 2.87. The average Bonchev–Trinajstić information content (AvgIpc) is 3.03. The maximum atomic E-state index is 13.5. The maximum Gasteiger partial charge on any atom is 0.265 e. The first kappa shape index (κ1) is 21.1. The Kier molecular flexibility index (Phi) is 5.31. The lowest BCUT2D eigenvalue weighted by molar-refractivity contribution is -0.114. The molecule has 0 aliphatic carbocycles. The van der Waals surface area contributed by atoms with E-state index in [4.69, 9.17) is 0 Å². The summed E-state index contributed by atoms with van der Waals surface area (Å²) in [5.74, 6) is 0.317. The van der Waals surface area contributed by atoms with E-state index in [-0.39, 0.29) is 17.3 Å². The number of nitrogens with zero attached hydrogens (tertiary/aromatic N) is 2. The number of nitrogens with one attached hydrogen (secondary N) is 1. The Labute approximate surface area is 183 Å². The minimum atomic E-state index is -3.76. The van der Waals surface area contributed by atoms with Gasteiger partial charge >= 0.3 is 0 Å². The Morgan fingerprint density at radius 2 is 1.81 bits per heavy atom. The molecule has 31 heavy (non-hydrogen) atoms. The van der Waals surface area contributed by atoms with Crippen LogP contribution in [-0.2, 0) is 26.7 Å². The molecule has 6 nitrogen and oxygen atoms in total. The number of para-hydroxylation sites is 1. The molecule has 2 heterocycles. The molecule has 4 rings (SSSR count). The van der Waals surface area contributed by atoms with Gasteiger partial charge in [-0.3, -0.25) is 4.79 Å². The normalized spacial score (nSPS) is 18.0. The lowest BCUT2D eigenvalue weighted by Crippen LogP contribution is -2.37. The third-order valence-corrected chi connectivity index (χ3v) is 7.43. The lowest BCUT2D eigenvalue weighted by Gasteiger charge is -2.27. The number of aromatic nitrogens is 1.